The fourth-order valence-electron chi connectivity index (χ4n) is 0.469. The zero-order valence-corrected chi connectivity index (χ0v) is 7.36. The molecule has 1 atom stereocenters. The maximum atomic E-state index is 11.9. The number of esters is 1. The van der Waals surface area contributed by atoms with E-state index in [0.717, 1.165) is 0 Å². The van der Waals surface area contributed by atoms with Gasteiger partial charge in [0.2, 0.25) is 0 Å². The molecule has 0 spiro atoms. The normalized spacial score (nSPS) is 12.7. The molecule has 0 unspecified atom stereocenters. The van der Waals surface area contributed by atoms with Crippen LogP contribution in [0.25, 0.3) is 0 Å². The first-order chi connectivity index (χ1) is 4.74. The van der Waals surface area contributed by atoms with E-state index in [1.807, 2.05) is 0 Å². The summed E-state index contributed by atoms with van der Waals surface area (Å²) >= 11 is 3.09. The van der Waals surface area contributed by atoms with Gasteiger partial charge >= 0.3 is 5.97 Å². The molecular weight excluding hydrogens is 203 g/mol. The van der Waals surface area contributed by atoms with Gasteiger partial charge in [-0.05, 0) is 0 Å². The number of alkyl halides is 2. The van der Waals surface area contributed by atoms with Crippen LogP contribution in [0.15, 0.2) is 0 Å². The lowest BCUT2D eigenvalue weighted by molar-refractivity contribution is -0.141. The first-order valence-electron chi connectivity index (χ1n) is 2.93. The third-order valence-corrected chi connectivity index (χ3v) is 2.04. The number of carbonyl (C=O) groups excluding carboxylic acids is 1. The van der Waals surface area contributed by atoms with Gasteiger partial charge in [0.25, 0.3) is 0 Å². The second-order valence-corrected chi connectivity index (χ2v) is 2.60. The molecular formula is C6H10BrFO2. The van der Waals surface area contributed by atoms with Gasteiger partial charge in [-0.15, -0.1) is 0 Å². The number of hydrogen-bond acceptors (Lipinski definition) is 2. The molecule has 0 saturated heterocycles. The molecule has 0 aromatic carbocycles. The molecule has 10 heavy (non-hydrogen) atoms. The van der Waals surface area contributed by atoms with Crippen molar-refractivity contribution in [3.8, 4) is 0 Å². The zero-order chi connectivity index (χ0) is 7.98. The van der Waals surface area contributed by atoms with Gasteiger partial charge in [-0.1, -0.05) is 15.9 Å². The van der Waals surface area contributed by atoms with Gasteiger partial charge < -0.3 is 4.74 Å². The molecule has 0 radical (unpaired) electrons. The fraction of sp³-hybridized carbons (Fsp3) is 0.833. The van der Waals surface area contributed by atoms with E-state index in [9.17, 15) is 9.18 Å². The van der Waals surface area contributed by atoms with Crippen LogP contribution < -0.4 is 0 Å². The Labute approximate surface area is 67.9 Å². The van der Waals surface area contributed by atoms with Crippen LogP contribution >= 0.6 is 15.9 Å². The molecule has 0 aliphatic carbocycles. The molecule has 0 aliphatic heterocycles. The predicted octanol–water partition coefficient (Wildman–Crippen LogP) is 1.53. The SMILES string of the molecule is COC(=O)C[C@H](CF)CBr. The van der Waals surface area contributed by atoms with Gasteiger partial charge in [0, 0.05) is 11.2 Å². The van der Waals surface area contributed by atoms with Crippen molar-refractivity contribution in [2.24, 2.45) is 5.92 Å². The van der Waals surface area contributed by atoms with Crippen molar-refractivity contribution >= 4 is 21.9 Å². The molecule has 0 amide bonds. The molecule has 0 aromatic heterocycles. The van der Waals surface area contributed by atoms with Crippen molar-refractivity contribution in [1.29, 1.82) is 0 Å². The quantitative estimate of drug-likeness (QED) is 0.522. The standard InChI is InChI=1S/C6H10BrFO2/c1-10-6(9)2-5(3-7)4-8/h5H,2-4H2,1H3/t5-/m0/s1. The van der Waals surface area contributed by atoms with Crippen molar-refractivity contribution in [1.82, 2.24) is 0 Å². The van der Waals surface area contributed by atoms with Crippen molar-refractivity contribution in [2.45, 2.75) is 6.42 Å². The smallest absolute Gasteiger partial charge is 0.305 e. The predicted molar refractivity (Wildman–Crippen MR) is 39.9 cm³/mol. The highest BCUT2D eigenvalue weighted by Crippen LogP contribution is 2.08. The summed E-state index contributed by atoms with van der Waals surface area (Å²) in [5.41, 5.74) is 0. The van der Waals surface area contributed by atoms with Crippen LogP contribution in [0.5, 0.6) is 0 Å². The topological polar surface area (TPSA) is 26.3 Å². The summed E-state index contributed by atoms with van der Waals surface area (Å²) < 4.78 is 16.3. The van der Waals surface area contributed by atoms with Crippen molar-refractivity contribution in [3.05, 3.63) is 0 Å². The Kier molecular flexibility index (Phi) is 5.58. The molecule has 2 nitrogen and oxygen atoms in total. The van der Waals surface area contributed by atoms with Crippen LogP contribution in [0, 0.1) is 5.92 Å². The molecule has 0 rings (SSSR count). The van der Waals surface area contributed by atoms with E-state index in [1.165, 1.54) is 7.11 Å². The van der Waals surface area contributed by atoms with Crippen LogP contribution in [0.4, 0.5) is 4.39 Å². The Morgan fingerprint density at radius 1 is 1.80 bits per heavy atom. The van der Waals surface area contributed by atoms with Crippen molar-refractivity contribution in [2.75, 3.05) is 19.1 Å². The van der Waals surface area contributed by atoms with E-state index in [4.69, 9.17) is 0 Å². The Hall–Kier alpha value is -0.120. The highest BCUT2D eigenvalue weighted by Gasteiger charge is 2.11. The van der Waals surface area contributed by atoms with Gasteiger partial charge in [-0.2, -0.15) is 0 Å². The van der Waals surface area contributed by atoms with Crippen molar-refractivity contribution < 1.29 is 13.9 Å². The Bertz CT molecular complexity index is 104. The Balaban J connectivity index is 3.52. The average molecular weight is 213 g/mol. The van der Waals surface area contributed by atoms with Gasteiger partial charge in [-0.3, -0.25) is 9.18 Å². The largest absolute Gasteiger partial charge is 0.469 e. The number of methoxy groups -OCH3 is 1. The summed E-state index contributed by atoms with van der Waals surface area (Å²) in [4.78, 5) is 10.5. The van der Waals surface area contributed by atoms with Crippen LogP contribution in [0.2, 0.25) is 0 Å². The third kappa shape index (κ3) is 3.82. The van der Waals surface area contributed by atoms with E-state index >= 15 is 0 Å². The van der Waals surface area contributed by atoms with E-state index in [0.29, 0.717) is 5.33 Å². The van der Waals surface area contributed by atoms with Crippen molar-refractivity contribution in [3.63, 3.8) is 0 Å². The monoisotopic (exact) mass is 212 g/mol. The van der Waals surface area contributed by atoms with E-state index < -0.39 is 6.67 Å². The first-order valence-corrected chi connectivity index (χ1v) is 4.05. The number of hydrogen-bond donors (Lipinski definition) is 0. The van der Waals surface area contributed by atoms with Crippen LogP contribution in [0.1, 0.15) is 6.42 Å². The molecule has 0 bridgehead atoms. The molecule has 0 aromatic rings. The van der Waals surface area contributed by atoms with Gasteiger partial charge in [0.1, 0.15) is 0 Å². The zero-order valence-electron chi connectivity index (χ0n) is 5.77. The lowest BCUT2D eigenvalue weighted by Crippen LogP contribution is -2.12. The Morgan fingerprint density at radius 3 is 2.70 bits per heavy atom. The molecule has 0 aliphatic rings. The summed E-state index contributed by atoms with van der Waals surface area (Å²) in [7, 11) is 1.30. The molecule has 0 N–H and O–H groups in total. The van der Waals surface area contributed by atoms with Crippen LogP contribution in [0.3, 0.4) is 0 Å². The lowest BCUT2D eigenvalue weighted by atomic mass is 10.1. The maximum Gasteiger partial charge on any atom is 0.305 e. The molecule has 0 fully saturated rings. The molecule has 4 heteroatoms. The minimum atomic E-state index is -0.486. The van der Waals surface area contributed by atoms with E-state index in [2.05, 4.69) is 20.7 Å². The number of carbonyl (C=O) groups is 1. The van der Waals surface area contributed by atoms with Crippen LogP contribution in [-0.4, -0.2) is 25.1 Å². The Morgan fingerprint density at radius 2 is 2.40 bits per heavy atom. The number of rotatable bonds is 4. The molecule has 60 valence electrons. The minimum absolute atomic E-state index is 0.151. The summed E-state index contributed by atoms with van der Waals surface area (Å²) in [5, 5.41) is 0.499. The second kappa shape index (κ2) is 5.65. The van der Waals surface area contributed by atoms with Gasteiger partial charge in [0.15, 0.2) is 0 Å². The highest BCUT2D eigenvalue weighted by atomic mass is 79.9. The second-order valence-electron chi connectivity index (χ2n) is 1.95. The van der Waals surface area contributed by atoms with Crippen LogP contribution in [-0.2, 0) is 9.53 Å². The number of ether oxygens (including phenoxy) is 1. The maximum absolute atomic E-state index is 11.9. The number of halogens is 2. The third-order valence-electron chi connectivity index (χ3n) is 1.12. The summed E-state index contributed by atoms with van der Waals surface area (Å²) in [6.07, 6.45) is 0.151. The molecule has 0 saturated carbocycles. The minimum Gasteiger partial charge on any atom is -0.469 e. The lowest BCUT2D eigenvalue weighted by Gasteiger charge is -2.05. The highest BCUT2D eigenvalue weighted by molar-refractivity contribution is 9.09. The summed E-state index contributed by atoms with van der Waals surface area (Å²) in [6.45, 7) is -0.486. The fourth-order valence-corrected chi connectivity index (χ4v) is 0.871. The molecule has 0 heterocycles. The van der Waals surface area contributed by atoms with E-state index in [1.54, 1.807) is 0 Å². The van der Waals surface area contributed by atoms with Gasteiger partial charge in [-0.25, -0.2) is 0 Å². The van der Waals surface area contributed by atoms with Gasteiger partial charge in [0.05, 0.1) is 20.2 Å². The van der Waals surface area contributed by atoms with E-state index in [-0.39, 0.29) is 18.3 Å². The summed E-state index contributed by atoms with van der Waals surface area (Å²) in [5.74, 6) is -0.602. The average Bonchev–Trinajstić information content (AvgIpc) is 1.99. The summed E-state index contributed by atoms with van der Waals surface area (Å²) in [6, 6.07) is 0. The first kappa shape index (κ1) is 9.88.